The van der Waals surface area contributed by atoms with Crippen LogP contribution in [-0.4, -0.2) is 34.9 Å². The lowest BCUT2D eigenvalue weighted by Gasteiger charge is -2.42. The van der Waals surface area contributed by atoms with E-state index < -0.39 is 22.6 Å². The summed E-state index contributed by atoms with van der Waals surface area (Å²) in [6.45, 7) is 3.93. The molecule has 0 aromatic carbocycles. The highest BCUT2D eigenvalue weighted by Crippen LogP contribution is 2.63. The van der Waals surface area contributed by atoms with Crippen LogP contribution in [0.3, 0.4) is 0 Å². The molecule has 1 spiro atoms. The van der Waals surface area contributed by atoms with Crippen LogP contribution in [0.15, 0.2) is 11.6 Å². The summed E-state index contributed by atoms with van der Waals surface area (Å²) in [6, 6.07) is 0. The number of rotatable bonds is 3. The summed E-state index contributed by atoms with van der Waals surface area (Å²) in [6.07, 6.45) is 5.61. The van der Waals surface area contributed by atoms with E-state index in [1.165, 1.54) is 0 Å². The van der Waals surface area contributed by atoms with Gasteiger partial charge in [-0.25, -0.2) is 4.79 Å². The minimum atomic E-state index is -1.50. The maximum atomic E-state index is 13.0. The first-order valence-corrected chi connectivity index (χ1v) is 8.29. The normalized spacial score (nSPS) is 42.4. The number of hydrogen-bond donors (Lipinski definition) is 0. The van der Waals surface area contributed by atoms with Crippen LogP contribution in [0.2, 0.25) is 0 Å². The zero-order valence-corrected chi connectivity index (χ0v) is 13.4. The number of ketones is 1. The van der Waals surface area contributed by atoms with Crippen LogP contribution in [0.25, 0.3) is 0 Å². The summed E-state index contributed by atoms with van der Waals surface area (Å²) in [5.74, 6) is -0.664. The lowest BCUT2D eigenvalue weighted by Crippen LogP contribution is -2.53. The van der Waals surface area contributed by atoms with Gasteiger partial charge in [0.25, 0.3) is 0 Å². The number of ether oxygens (including phenoxy) is 2. The summed E-state index contributed by atoms with van der Waals surface area (Å²) in [7, 11) is 0. The molecule has 1 saturated carbocycles. The second-order valence-electron chi connectivity index (χ2n) is 6.06. The number of esters is 1. The molecule has 1 aliphatic carbocycles. The van der Waals surface area contributed by atoms with Crippen molar-refractivity contribution in [1.82, 2.24) is 0 Å². The van der Waals surface area contributed by atoms with Gasteiger partial charge in [0.15, 0.2) is 5.78 Å². The molecule has 4 nitrogen and oxygen atoms in total. The van der Waals surface area contributed by atoms with Crippen molar-refractivity contribution in [2.45, 2.75) is 50.7 Å². The third-order valence-corrected chi connectivity index (χ3v) is 5.74. The van der Waals surface area contributed by atoms with Crippen molar-refractivity contribution in [3.05, 3.63) is 11.6 Å². The van der Waals surface area contributed by atoms with Gasteiger partial charge >= 0.3 is 5.97 Å². The van der Waals surface area contributed by atoms with E-state index in [0.717, 1.165) is 25.7 Å². The van der Waals surface area contributed by atoms with Gasteiger partial charge in [-0.15, -0.1) is 0 Å². The van der Waals surface area contributed by atoms with Crippen LogP contribution in [0.1, 0.15) is 39.5 Å². The first-order valence-electron chi connectivity index (χ1n) is 7.17. The van der Waals surface area contributed by atoms with E-state index in [4.69, 9.17) is 9.47 Å². The van der Waals surface area contributed by atoms with Gasteiger partial charge in [-0.3, -0.25) is 4.79 Å². The summed E-state index contributed by atoms with van der Waals surface area (Å²) < 4.78 is 11.3. The van der Waals surface area contributed by atoms with Crippen LogP contribution in [-0.2, 0) is 19.1 Å². The number of carbonyl (C=O) groups excluding carboxylic acids is 2. The number of carbonyl (C=O) groups is 2. The number of halogens is 1. The fraction of sp³-hybridized carbons (Fsp3) is 0.733. The van der Waals surface area contributed by atoms with Gasteiger partial charge in [0, 0.05) is 5.33 Å². The monoisotopic (exact) mass is 342 g/mol. The van der Waals surface area contributed by atoms with Crippen LogP contribution in [0.4, 0.5) is 0 Å². The first-order chi connectivity index (χ1) is 9.47. The Balaban J connectivity index is 2.14. The van der Waals surface area contributed by atoms with Crippen molar-refractivity contribution in [3.63, 3.8) is 0 Å². The first kappa shape index (κ1) is 14.3. The quantitative estimate of drug-likeness (QED) is 0.342. The molecular formula is C15H19BrO4. The molecule has 3 atom stereocenters. The lowest BCUT2D eigenvalue weighted by atomic mass is 9.58. The van der Waals surface area contributed by atoms with Gasteiger partial charge in [0.2, 0.25) is 5.60 Å². The number of fused-ring (bicyclic) bond motifs is 1. The predicted octanol–water partition coefficient (Wildman–Crippen LogP) is 2.54. The predicted molar refractivity (Wildman–Crippen MR) is 76.6 cm³/mol. The molecule has 2 bridgehead atoms. The maximum absolute atomic E-state index is 13.0. The Hall–Kier alpha value is -0.680. The highest BCUT2D eigenvalue weighted by molar-refractivity contribution is 9.09. The average Bonchev–Trinajstić information content (AvgIpc) is 2.87. The van der Waals surface area contributed by atoms with E-state index in [9.17, 15) is 9.59 Å². The molecule has 20 heavy (non-hydrogen) atoms. The summed E-state index contributed by atoms with van der Waals surface area (Å²) in [5, 5.41) is 0.454. The van der Waals surface area contributed by atoms with Crippen molar-refractivity contribution in [2.24, 2.45) is 5.41 Å². The second-order valence-corrected chi connectivity index (χ2v) is 6.63. The molecular weight excluding hydrogens is 324 g/mol. The molecule has 2 aliphatic heterocycles. The maximum Gasteiger partial charge on any atom is 0.350 e. The van der Waals surface area contributed by atoms with Crippen molar-refractivity contribution < 1.29 is 19.1 Å². The smallest absolute Gasteiger partial charge is 0.350 e. The van der Waals surface area contributed by atoms with Gasteiger partial charge in [-0.05, 0) is 38.3 Å². The van der Waals surface area contributed by atoms with Crippen LogP contribution < -0.4 is 0 Å². The summed E-state index contributed by atoms with van der Waals surface area (Å²) >= 11 is 3.38. The van der Waals surface area contributed by atoms with Crippen molar-refractivity contribution in [3.8, 4) is 0 Å². The number of Topliss-reactive ketones (excluding diaryl/α,β-unsaturated/α-hetero) is 1. The Bertz CT molecular complexity index is 514. The molecule has 2 heterocycles. The Kier molecular flexibility index (Phi) is 3.14. The minimum absolute atomic E-state index is 0.111. The molecule has 3 aliphatic rings. The Morgan fingerprint density at radius 1 is 1.45 bits per heavy atom. The van der Waals surface area contributed by atoms with Gasteiger partial charge in [-0.2, -0.15) is 0 Å². The third kappa shape index (κ3) is 1.40. The minimum Gasteiger partial charge on any atom is -0.463 e. The molecule has 0 N–H and O–H groups in total. The van der Waals surface area contributed by atoms with Crippen molar-refractivity contribution in [2.75, 3.05) is 11.9 Å². The Morgan fingerprint density at radius 3 is 2.80 bits per heavy atom. The van der Waals surface area contributed by atoms with Crippen LogP contribution >= 0.6 is 15.9 Å². The van der Waals surface area contributed by atoms with E-state index in [-0.39, 0.29) is 12.4 Å². The highest BCUT2D eigenvalue weighted by Gasteiger charge is 2.76. The largest absolute Gasteiger partial charge is 0.463 e. The SMILES string of the molecule is CCOC(=O)[C@@]12O[C@]3(C=C1CBr)CCCC[C@]3(C)C2=O. The van der Waals surface area contributed by atoms with Gasteiger partial charge in [0.1, 0.15) is 5.60 Å². The molecule has 5 heteroatoms. The van der Waals surface area contributed by atoms with Crippen molar-refractivity contribution >= 4 is 27.7 Å². The molecule has 110 valence electrons. The second kappa shape index (κ2) is 4.41. The standard InChI is InChI=1S/C15H19BrO4/c1-3-19-12(18)15-10(9-16)8-14(20-15)7-5-4-6-13(14,2)11(15)17/h8H,3-7,9H2,1-2H3/t13-,14+,15-/m1/s1. The fourth-order valence-electron chi connectivity index (χ4n) is 4.02. The van der Waals surface area contributed by atoms with E-state index in [1.807, 2.05) is 13.0 Å². The van der Waals surface area contributed by atoms with E-state index in [1.54, 1.807) is 6.92 Å². The third-order valence-electron chi connectivity index (χ3n) is 5.13. The molecule has 0 aromatic heterocycles. The molecule has 0 aromatic rings. The van der Waals surface area contributed by atoms with Gasteiger partial charge < -0.3 is 9.47 Å². The molecule has 0 amide bonds. The molecule has 3 rings (SSSR count). The topological polar surface area (TPSA) is 52.6 Å². The lowest BCUT2D eigenvalue weighted by molar-refractivity contribution is -0.169. The Labute approximate surface area is 127 Å². The molecule has 0 unspecified atom stereocenters. The highest BCUT2D eigenvalue weighted by atomic mass is 79.9. The number of hydrogen-bond acceptors (Lipinski definition) is 4. The van der Waals surface area contributed by atoms with E-state index in [0.29, 0.717) is 10.9 Å². The van der Waals surface area contributed by atoms with Gasteiger partial charge in [0.05, 0.1) is 12.0 Å². The van der Waals surface area contributed by atoms with Crippen LogP contribution in [0.5, 0.6) is 0 Å². The zero-order chi connectivity index (χ0) is 14.6. The fourth-order valence-corrected chi connectivity index (χ4v) is 4.57. The summed E-state index contributed by atoms with van der Waals surface area (Å²) in [4.78, 5) is 25.5. The Morgan fingerprint density at radius 2 is 2.15 bits per heavy atom. The molecule has 2 fully saturated rings. The summed E-state index contributed by atoms with van der Waals surface area (Å²) in [5.41, 5.74) is -2.00. The zero-order valence-electron chi connectivity index (χ0n) is 11.8. The average molecular weight is 343 g/mol. The van der Waals surface area contributed by atoms with Crippen molar-refractivity contribution in [1.29, 1.82) is 0 Å². The van der Waals surface area contributed by atoms with Crippen LogP contribution in [0, 0.1) is 5.41 Å². The van der Waals surface area contributed by atoms with E-state index in [2.05, 4.69) is 15.9 Å². The van der Waals surface area contributed by atoms with Gasteiger partial charge in [-0.1, -0.05) is 28.8 Å². The number of alkyl halides is 1. The molecule has 0 radical (unpaired) electrons. The molecule has 1 saturated heterocycles. The van der Waals surface area contributed by atoms with E-state index >= 15 is 0 Å².